The van der Waals surface area contributed by atoms with Crippen LogP contribution < -0.4 is 16.4 Å². The first kappa shape index (κ1) is 30.6. The number of ether oxygens (including phenoxy) is 1. The van der Waals surface area contributed by atoms with Crippen LogP contribution in [0.3, 0.4) is 0 Å². The zero-order chi connectivity index (χ0) is 28.8. The number of para-hydroxylation sites is 1. The van der Waals surface area contributed by atoms with Crippen LogP contribution in [0, 0.1) is 13.8 Å². The van der Waals surface area contributed by atoms with Crippen molar-refractivity contribution in [2.24, 2.45) is 5.73 Å². The summed E-state index contributed by atoms with van der Waals surface area (Å²) in [5.41, 5.74) is 7.18. The second kappa shape index (κ2) is 12.8. The zero-order valence-electron chi connectivity index (χ0n) is 22.9. The fourth-order valence-corrected chi connectivity index (χ4v) is 4.24. The highest BCUT2D eigenvalue weighted by Crippen LogP contribution is 2.30. The number of nitrogens with two attached hydrogens (primary N) is 1. The van der Waals surface area contributed by atoms with Crippen molar-refractivity contribution in [3.8, 4) is 0 Å². The first-order valence-corrected chi connectivity index (χ1v) is 12.7. The van der Waals surface area contributed by atoms with Crippen molar-refractivity contribution < 1.29 is 23.9 Å². The van der Waals surface area contributed by atoms with Gasteiger partial charge in [-0.1, -0.05) is 53.6 Å². The molecular formula is C28H37ClN4O5. The van der Waals surface area contributed by atoms with Crippen LogP contribution in [-0.4, -0.2) is 46.4 Å². The smallest absolute Gasteiger partial charge is 0.408 e. The summed E-state index contributed by atoms with van der Waals surface area (Å²) in [4.78, 5) is 53.6. The van der Waals surface area contributed by atoms with E-state index >= 15 is 0 Å². The Labute approximate surface area is 229 Å². The lowest BCUT2D eigenvalue weighted by atomic mass is 9.98. The summed E-state index contributed by atoms with van der Waals surface area (Å²) in [5.74, 6) is -1.97. The highest BCUT2D eigenvalue weighted by Gasteiger charge is 2.38. The van der Waals surface area contributed by atoms with E-state index in [4.69, 9.17) is 22.1 Å². The van der Waals surface area contributed by atoms with Gasteiger partial charge < -0.3 is 26.0 Å². The molecule has 0 bridgehead atoms. The van der Waals surface area contributed by atoms with E-state index in [1.165, 1.54) is 4.90 Å². The highest BCUT2D eigenvalue weighted by atomic mass is 35.5. The Morgan fingerprint density at radius 1 is 1.05 bits per heavy atom. The molecule has 0 aromatic heterocycles. The molecule has 0 radical (unpaired) electrons. The van der Waals surface area contributed by atoms with Crippen LogP contribution in [0.15, 0.2) is 42.5 Å². The Balaban J connectivity index is 2.57. The summed E-state index contributed by atoms with van der Waals surface area (Å²) >= 11 is 6.36. The molecule has 0 aliphatic rings. The molecule has 9 nitrogen and oxygen atoms in total. The van der Waals surface area contributed by atoms with Gasteiger partial charge >= 0.3 is 6.09 Å². The van der Waals surface area contributed by atoms with Crippen LogP contribution in [0.2, 0.25) is 5.02 Å². The number of carbonyl (C=O) groups excluding carboxylic acids is 4. The fraction of sp³-hybridized carbons (Fsp3) is 0.429. The van der Waals surface area contributed by atoms with Crippen LogP contribution in [0.1, 0.15) is 63.8 Å². The number of aryl methyl sites for hydroxylation is 2. The van der Waals surface area contributed by atoms with E-state index in [1.807, 2.05) is 26.0 Å². The SMILES string of the molecule is Cc1cccc(C(C(=O)Nc2c(C)cccc2Cl)N(C(=O)C(CC(N)=O)NC(=O)OC(C)(C)C)C(C)C)c1. The van der Waals surface area contributed by atoms with E-state index in [0.717, 1.165) is 11.1 Å². The van der Waals surface area contributed by atoms with Gasteiger partial charge in [-0.2, -0.15) is 0 Å². The van der Waals surface area contributed by atoms with E-state index in [9.17, 15) is 19.2 Å². The highest BCUT2D eigenvalue weighted by molar-refractivity contribution is 6.34. The van der Waals surface area contributed by atoms with Crippen LogP contribution >= 0.6 is 11.6 Å². The fourth-order valence-electron chi connectivity index (χ4n) is 3.97. The van der Waals surface area contributed by atoms with Gasteiger partial charge in [-0.3, -0.25) is 14.4 Å². The van der Waals surface area contributed by atoms with E-state index in [0.29, 0.717) is 16.3 Å². The first-order valence-electron chi connectivity index (χ1n) is 12.3. The van der Waals surface area contributed by atoms with Gasteiger partial charge in [-0.15, -0.1) is 0 Å². The van der Waals surface area contributed by atoms with Crippen molar-refractivity contribution >= 4 is 41.1 Å². The number of hydrogen-bond acceptors (Lipinski definition) is 5. The molecule has 0 aliphatic carbocycles. The summed E-state index contributed by atoms with van der Waals surface area (Å²) in [7, 11) is 0. The molecule has 2 aromatic carbocycles. The number of carbonyl (C=O) groups is 4. The van der Waals surface area contributed by atoms with Crippen molar-refractivity contribution in [3.63, 3.8) is 0 Å². The second-order valence-corrected chi connectivity index (χ2v) is 10.9. The number of benzene rings is 2. The van der Waals surface area contributed by atoms with Gasteiger partial charge in [0, 0.05) is 6.04 Å². The number of alkyl carbamates (subject to hydrolysis) is 1. The second-order valence-electron chi connectivity index (χ2n) is 10.4. The summed E-state index contributed by atoms with van der Waals surface area (Å²) < 4.78 is 5.29. The number of amides is 4. The zero-order valence-corrected chi connectivity index (χ0v) is 23.7. The quantitative estimate of drug-likeness (QED) is 0.423. The Bertz CT molecular complexity index is 1170. The lowest BCUT2D eigenvalue weighted by Crippen LogP contribution is -2.55. The van der Waals surface area contributed by atoms with Gasteiger partial charge in [0.05, 0.1) is 17.1 Å². The Morgan fingerprint density at radius 3 is 2.21 bits per heavy atom. The van der Waals surface area contributed by atoms with E-state index in [-0.39, 0.29) is 0 Å². The monoisotopic (exact) mass is 544 g/mol. The van der Waals surface area contributed by atoms with Crippen molar-refractivity contribution in [2.45, 2.75) is 78.6 Å². The third kappa shape index (κ3) is 8.48. The number of nitrogens with one attached hydrogen (secondary N) is 2. The molecular weight excluding hydrogens is 508 g/mol. The molecule has 2 unspecified atom stereocenters. The molecule has 2 atom stereocenters. The van der Waals surface area contributed by atoms with Gasteiger partial charge in [0.15, 0.2) is 0 Å². The predicted octanol–water partition coefficient (Wildman–Crippen LogP) is 4.64. The molecule has 2 rings (SSSR count). The number of nitrogens with zero attached hydrogens (tertiary/aromatic N) is 1. The maximum Gasteiger partial charge on any atom is 0.408 e. The maximum absolute atomic E-state index is 14.0. The Morgan fingerprint density at radius 2 is 1.68 bits per heavy atom. The largest absolute Gasteiger partial charge is 0.444 e. The van der Waals surface area contributed by atoms with E-state index < -0.39 is 54.0 Å². The molecule has 0 heterocycles. The minimum Gasteiger partial charge on any atom is -0.444 e. The molecule has 0 fully saturated rings. The number of anilines is 1. The van der Waals surface area contributed by atoms with E-state index in [1.54, 1.807) is 65.0 Å². The lowest BCUT2D eigenvalue weighted by molar-refractivity contribution is -0.143. The average Bonchev–Trinajstić information content (AvgIpc) is 2.77. The Kier molecular flexibility index (Phi) is 10.3. The van der Waals surface area contributed by atoms with Crippen LogP contribution in [-0.2, 0) is 19.1 Å². The minimum atomic E-state index is -1.35. The van der Waals surface area contributed by atoms with Crippen LogP contribution in [0.25, 0.3) is 0 Å². The van der Waals surface area contributed by atoms with Crippen molar-refractivity contribution in [1.29, 1.82) is 0 Å². The van der Waals surface area contributed by atoms with Crippen LogP contribution in [0.5, 0.6) is 0 Å². The molecule has 4 N–H and O–H groups in total. The predicted molar refractivity (Wildman–Crippen MR) is 148 cm³/mol. The molecule has 10 heteroatoms. The van der Waals surface area contributed by atoms with Crippen molar-refractivity contribution in [3.05, 3.63) is 64.2 Å². The summed E-state index contributed by atoms with van der Waals surface area (Å²) in [6, 6.07) is 9.45. The van der Waals surface area contributed by atoms with Crippen LogP contribution in [0.4, 0.5) is 10.5 Å². The van der Waals surface area contributed by atoms with Gasteiger partial charge in [0.2, 0.25) is 11.8 Å². The van der Waals surface area contributed by atoms with Gasteiger partial charge in [-0.25, -0.2) is 4.79 Å². The van der Waals surface area contributed by atoms with E-state index in [2.05, 4.69) is 10.6 Å². The maximum atomic E-state index is 14.0. The third-order valence-corrected chi connectivity index (χ3v) is 5.87. The van der Waals surface area contributed by atoms with Gasteiger partial charge in [0.1, 0.15) is 17.7 Å². The number of primary amides is 1. The molecule has 0 spiro atoms. The van der Waals surface area contributed by atoms with Crippen molar-refractivity contribution in [1.82, 2.24) is 10.2 Å². The molecule has 38 heavy (non-hydrogen) atoms. The molecule has 206 valence electrons. The van der Waals surface area contributed by atoms with Gasteiger partial charge in [-0.05, 0) is 65.7 Å². The lowest BCUT2D eigenvalue weighted by Gasteiger charge is -2.37. The number of rotatable bonds is 9. The third-order valence-electron chi connectivity index (χ3n) is 5.56. The average molecular weight is 545 g/mol. The molecule has 0 aliphatic heterocycles. The normalized spacial score (nSPS) is 12.9. The summed E-state index contributed by atoms with van der Waals surface area (Å²) in [5, 5.41) is 5.68. The molecule has 2 aromatic rings. The summed E-state index contributed by atoms with van der Waals surface area (Å²) in [6.45, 7) is 12.2. The number of halogens is 1. The first-order chi connectivity index (χ1) is 17.6. The topological polar surface area (TPSA) is 131 Å². The Hall–Kier alpha value is -3.59. The summed E-state index contributed by atoms with van der Waals surface area (Å²) in [6.07, 6.45) is -1.36. The molecule has 0 saturated heterocycles. The van der Waals surface area contributed by atoms with Crippen molar-refractivity contribution in [2.75, 3.05) is 5.32 Å². The molecule has 0 saturated carbocycles. The van der Waals surface area contributed by atoms with Gasteiger partial charge in [0.25, 0.3) is 5.91 Å². The molecule has 4 amide bonds. The number of hydrogen-bond donors (Lipinski definition) is 3. The standard InChI is InChI=1S/C28H37ClN4O5/c1-16(2)33(26(36)21(15-22(30)34)31-27(37)38-28(5,6)7)24(19-12-8-10-17(3)14-19)25(35)32-23-18(4)11-9-13-20(23)29/h8-14,16,21,24H,15H2,1-7H3,(H2,30,34)(H,31,37)(H,32,35). The minimum absolute atomic E-state index is 0.349.